The molecule has 1 amide bonds. The summed E-state index contributed by atoms with van der Waals surface area (Å²) in [6.07, 6.45) is 5.96. The number of carbonyl (C=O) groups is 1. The average Bonchev–Trinajstić information content (AvgIpc) is 3.53. The number of piperazine rings is 1. The lowest BCUT2D eigenvalue weighted by molar-refractivity contribution is 0.0130. The van der Waals surface area contributed by atoms with Gasteiger partial charge in [0.05, 0.1) is 5.39 Å². The molecule has 5 rings (SSSR count). The Morgan fingerprint density at radius 2 is 1.88 bits per heavy atom. The smallest absolute Gasteiger partial charge is 0.410 e. The number of aromatic nitrogens is 3. The van der Waals surface area contributed by atoms with Crippen LogP contribution >= 0.6 is 11.6 Å². The predicted molar refractivity (Wildman–Crippen MR) is 135 cm³/mol. The first-order valence-electron chi connectivity index (χ1n) is 12.0. The standard InChI is InChI=1S/C26H32ClN5O2/c1-16-13-31(25(33)34-26(3,4)5)17(2)12-30(16)23-22-21(18-9-10-18)14-32(24(22)29-15-28-23)20-8-6-7-19(27)11-20/h6-8,11,14-18H,9-10,12-13H2,1-5H3/t16?,17-/m0/s1. The lowest BCUT2D eigenvalue weighted by Gasteiger charge is -2.44. The van der Waals surface area contributed by atoms with Gasteiger partial charge in [-0.25, -0.2) is 14.8 Å². The molecule has 0 radical (unpaired) electrons. The maximum absolute atomic E-state index is 12.8. The van der Waals surface area contributed by atoms with Crippen LogP contribution in [0.3, 0.4) is 0 Å². The summed E-state index contributed by atoms with van der Waals surface area (Å²) in [6, 6.07) is 7.94. The van der Waals surface area contributed by atoms with E-state index in [4.69, 9.17) is 26.3 Å². The Morgan fingerprint density at radius 1 is 1.12 bits per heavy atom. The quantitative estimate of drug-likeness (QED) is 0.474. The van der Waals surface area contributed by atoms with E-state index in [-0.39, 0.29) is 18.2 Å². The van der Waals surface area contributed by atoms with Gasteiger partial charge in [-0.05, 0) is 77.1 Å². The Morgan fingerprint density at radius 3 is 2.56 bits per heavy atom. The van der Waals surface area contributed by atoms with Gasteiger partial charge in [0.1, 0.15) is 23.4 Å². The van der Waals surface area contributed by atoms with E-state index < -0.39 is 5.60 Å². The summed E-state index contributed by atoms with van der Waals surface area (Å²) < 4.78 is 7.79. The molecule has 1 aliphatic heterocycles. The number of nitrogens with zero attached hydrogens (tertiary/aromatic N) is 5. The van der Waals surface area contributed by atoms with E-state index in [0.29, 0.717) is 24.0 Å². The molecule has 1 aromatic carbocycles. The van der Waals surface area contributed by atoms with Crippen LogP contribution in [-0.4, -0.2) is 56.3 Å². The number of amides is 1. The number of hydrogen-bond acceptors (Lipinski definition) is 5. The number of ether oxygens (including phenoxy) is 1. The number of anilines is 1. The van der Waals surface area contributed by atoms with Crippen LogP contribution in [0.4, 0.5) is 10.6 Å². The molecule has 0 N–H and O–H groups in total. The molecule has 1 unspecified atom stereocenters. The van der Waals surface area contributed by atoms with Crippen LogP contribution in [0.25, 0.3) is 16.7 Å². The van der Waals surface area contributed by atoms with Gasteiger partial charge in [-0.3, -0.25) is 0 Å². The van der Waals surface area contributed by atoms with Gasteiger partial charge in [-0.15, -0.1) is 0 Å². The first-order chi connectivity index (χ1) is 16.1. The summed E-state index contributed by atoms with van der Waals surface area (Å²) in [5, 5.41) is 1.80. The highest BCUT2D eigenvalue weighted by Crippen LogP contribution is 2.46. The van der Waals surface area contributed by atoms with Crippen molar-refractivity contribution in [1.29, 1.82) is 0 Å². The third-order valence-corrected chi connectivity index (χ3v) is 6.82. The minimum absolute atomic E-state index is 0.00421. The maximum Gasteiger partial charge on any atom is 0.410 e. The van der Waals surface area contributed by atoms with Crippen molar-refractivity contribution in [3.63, 3.8) is 0 Å². The van der Waals surface area contributed by atoms with Crippen molar-refractivity contribution in [3.8, 4) is 5.69 Å². The van der Waals surface area contributed by atoms with Crippen molar-refractivity contribution in [2.24, 2.45) is 0 Å². The molecular formula is C26H32ClN5O2. The van der Waals surface area contributed by atoms with E-state index >= 15 is 0 Å². The molecular weight excluding hydrogens is 450 g/mol. The molecule has 3 aromatic rings. The molecule has 1 saturated heterocycles. The second kappa shape index (κ2) is 8.45. The molecule has 0 spiro atoms. The Balaban J connectivity index is 1.53. The number of rotatable bonds is 3. The van der Waals surface area contributed by atoms with Gasteiger partial charge in [0.2, 0.25) is 0 Å². The number of halogens is 1. The lowest BCUT2D eigenvalue weighted by Crippen LogP contribution is -2.59. The summed E-state index contributed by atoms with van der Waals surface area (Å²) >= 11 is 6.30. The fraction of sp³-hybridized carbons (Fsp3) is 0.500. The number of benzene rings is 1. The number of hydrogen-bond donors (Lipinski definition) is 0. The Hall–Kier alpha value is -2.80. The predicted octanol–water partition coefficient (Wildman–Crippen LogP) is 5.79. The highest BCUT2D eigenvalue weighted by molar-refractivity contribution is 6.30. The van der Waals surface area contributed by atoms with Crippen molar-refractivity contribution < 1.29 is 9.53 Å². The van der Waals surface area contributed by atoms with E-state index in [1.807, 2.05) is 49.9 Å². The van der Waals surface area contributed by atoms with Crippen LogP contribution < -0.4 is 4.90 Å². The molecule has 8 heteroatoms. The summed E-state index contributed by atoms with van der Waals surface area (Å²) in [6.45, 7) is 11.2. The van der Waals surface area contributed by atoms with Gasteiger partial charge in [0.25, 0.3) is 0 Å². The highest BCUT2D eigenvalue weighted by atomic mass is 35.5. The summed E-state index contributed by atoms with van der Waals surface area (Å²) in [4.78, 5) is 26.4. The molecule has 2 fully saturated rings. The monoisotopic (exact) mass is 481 g/mol. The third kappa shape index (κ3) is 4.33. The molecule has 2 aliphatic rings. The summed E-state index contributed by atoms with van der Waals surface area (Å²) in [7, 11) is 0. The molecule has 3 heterocycles. The zero-order chi connectivity index (χ0) is 24.2. The molecule has 2 aromatic heterocycles. The highest BCUT2D eigenvalue weighted by Gasteiger charge is 2.37. The molecule has 1 saturated carbocycles. The van der Waals surface area contributed by atoms with Crippen LogP contribution in [0.1, 0.15) is 58.9 Å². The number of fused-ring (bicyclic) bond motifs is 1. The van der Waals surface area contributed by atoms with Crippen molar-refractivity contribution in [3.05, 3.63) is 47.4 Å². The van der Waals surface area contributed by atoms with Crippen LogP contribution in [-0.2, 0) is 4.74 Å². The van der Waals surface area contributed by atoms with Gasteiger partial charge in [-0.2, -0.15) is 0 Å². The fourth-order valence-electron chi connectivity index (χ4n) is 4.81. The van der Waals surface area contributed by atoms with Crippen LogP contribution in [0.15, 0.2) is 36.8 Å². The fourth-order valence-corrected chi connectivity index (χ4v) is 5.00. The van der Waals surface area contributed by atoms with E-state index in [9.17, 15) is 4.79 Å². The second-order valence-electron chi connectivity index (χ2n) is 10.6. The average molecular weight is 482 g/mol. The van der Waals surface area contributed by atoms with E-state index in [2.05, 4.69) is 29.5 Å². The van der Waals surface area contributed by atoms with Gasteiger partial charge in [0.15, 0.2) is 0 Å². The normalized spacial score (nSPS) is 21.2. The molecule has 7 nitrogen and oxygen atoms in total. The van der Waals surface area contributed by atoms with E-state index in [1.54, 1.807) is 6.33 Å². The summed E-state index contributed by atoms with van der Waals surface area (Å²) in [5.74, 6) is 1.47. The SMILES string of the molecule is CC1CN(C(=O)OC(C)(C)C)[C@@H](C)CN1c1ncnc2c1c(C1CC1)cn2-c1cccc(Cl)c1. The van der Waals surface area contributed by atoms with Crippen molar-refractivity contribution >= 4 is 34.5 Å². The topological polar surface area (TPSA) is 63.5 Å². The van der Waals surface area contributed by atoms with Gasteiger partial charge < -0.3 is 19.1 Å². The molecule has 2 atom stereocenters. The zero-order valence-corrected chi connectivity index (χ0v) is 21.2. The second-order valence-corrected chi connectivity index (χ2v) is 11.0. The first kappa shape index (κ1) is 23.0. The minimum Gasteiger partial charge on any atom is -0.444 e. The Labute approximate surface area is 205 Å². The minimum atomic E-state index is -0.515. The largest absolute Gasteiger partial charge is 0.444 e. The van der Waals surface area contributed by atoms with Crippen molar-refractivity contribution in [2.75, 3.05) is 18.0 Å². The van der Waals surface area contributed by atoms with Crippen LogP contribution in [0.2, 0.25) is 5.02 Å². The lowest BCUT2D eigenvalue weighted by atomic mass is 10.1. The third-order valence-electron chi connectivity index (χ3n) is 6.58. The van der Waals surface area contributed by atoms with Crippen molar-refractivity contribution in [2.45, 2.75) is 71.1 Å². The van der Waals surface area contributed by atoms with Gasteiger partial charge in [-0.1, -0.05) is 17.7 Å². The molecule has 1 aliphatic carbocycles. The van der Waals surface area contributed by atoms with Gasteiger partial charge in [0, 0.05) is 42.1 Å². The van der Waals surface area contributed by atoms with Crippen molar-refractivity contribution in [1.82, 2.24) is 19.4 Å². The summed E-state index contributed by atoms with van der Waals surface area (Å²) in [5.41, 5.74) is 2.66. The van der Waals surface area contributed by atoms with Crippen LogP contribution in [0, 0.1) is 0 Å². The van der Waals surface area contributed by atoms with E-state index in [0.717, 1.165) is 22.5 Å². The van der Waals surface area contributed by atoms with Gasteiger partial charge >= 0.3 is 6.09 Å². The number of carbonyl (C=O) groups excluding carboxylic acids is 1. The van der Waals surface area contributed by atoms with Crippen LogP contribution in [0.5, 0.6) is 0 Å². The van der Waals surface area contributed by atoms with E-state index in [1.165, 1.54) is 18.4 Å². The Bertz CT molecular complexity index is 1230. The molecule has 34 heavy (non-hydrogen) atoms. The first-order valence-corrected chi connectivity index (χ1v) is 12.4. The molecule has 0 bridgehead atoms. The Kier molecular flexibility index (Phi) is 5.71. The molecule has 180 valence electrons. The zero-order valence-electron chi connectivity index (χ0n) is 20.5. The maximum atomic E-state index is 12.8.